The lowest BCUT2D eigenvalue weighted by molar-refractivity contribution is 0.0641. The van der Waals surface area contributed by atoms with Crippen molar-refractivity contribution < 1.29 is 9.53 Å². The van der Waals surface area contributed by atoms with Crippen molar-refractivity contribution in [2.24, 2.45) is 0 Å². The molecule has 36 heavy (non-hydrogen) atoms. The van der Waals surface area contributed by atoms with Crippen LogP contribution in [0.25, 0.3) is 23.0 Å². The van der Waals surface area contributed by atoms with Crippen LogP contribution in [0.1, 0.15) is 16.1 Å². The first-order chi connectivity index (χ1) is 17.7. The average Bonchev–Trinajstić information content (AvgIpc) is 3.40. The van der Waals surface area contributed by atoms with Gasteiger partial charge in [0, 0.05) is 38.3 Å². The smallest absolute Gasteiger partial charge is 0.272 e. The molecule has 5 rings (SSSR count). The number of rotatable bonds is 7. The van der Waals surface area contributed by atoms with Gasteiger partial charge in [-0.05, 0) is 35.9 Å². The second-order valence-corrected chi connectivity index (χ2v) is 8.80. The number of benzene rings is 3. The highest BCUT2D eigenvalue weighted by molar-refractivity contribution is 5.94. The Labute approximate surface area is 212 Å². The van der Waals surface area contributed by atoms with Crippen LogP contribution in [0.3, 0.4) is 0 Å². The molecule has 4 aromatic rings. The van der Waals surface area contributed by atoms with Crippen LogP contribution in [0.4, 0.5) is 0 Å². The molecule has 0 saturated carbocycles. The Balaban J connectivity index is 1.32. The molecule has 6 heteroatoms. The third-order valence-corrected chi connectivity index (χ3v) is 6.43. The van der Waals surface area contributed by atoms with Crippen molar-refractivity contribution in [3.63, 3.8) is 0 Å². The van der Waals surface area contributed by atoms with Gasteiger partial charge >= 0.3 is 0 Å². The molecular weight excluding hydrogens is 448 g/mol. The van der Waals surface area contributed by atoms with Crippen LogP contribution in [0, 0.1) is 0 Å². The van der Waals surface area contributed by atoms with Crippen LogP contribution in [-0.2, 0) is 0 Å². The van der Waals surface area contributed by atoms with Crippen molar-refractivity contribution in [2.45, 2.75) is 0 Å². The minimum absolute atomic E-state index is 0.0000215. The van der Waals surface area contributed by atoms with Crippen molar-refractivity contribution in [3.05, 3.63) is 108 Å². The fourth-order valence-electron chi connectivity index (χ4n) is 4.42. The van der Waals surface area contributed by atoms with E-state index in [2.05, 4.69) is 29.2 Å². The van der Waals surface area contributed by atoms with Gasteiger partial charge in [-0.3, -0.25) is 9.69 Å². The number of hydrogen-bond donors (Lipinski definition) is 0. The lowest BCUT2D eigenvalue weighted by Gasteiger charge is -2.34. The Morgan fingerprint density at radius 3 is 2.33 bits per heavy atom. The lowest BCUT2D eigenvalue weighted by atomic mass is 10.1. The number of ether oxygens (including phenoxy) is 1. The second-order valence-electron chi connectivity index (χ2n) is 8.80. The Bertz CT molecular complexity index is 1320. The molecule has 1 saturated heterocycles. The predicted octanol–water partition coefficient (Wildman–Crippen LogP) is 5.02. The molecule has 0 bridgehead atoms. The average molecular weight is 479 g/mol. The molecule has 2 heterocycles. The number of carbonyl (C=O) groups excluding carboxylic acids is 1. The molecule has 3 aromatic carbocycles. The van der Waals surface area contributed by atoms with E-state index < -0.39 is 0 Å². The number of methoxy groups -OCH3 is 1. The van der Waals surface area contributed by atoms with Gasteiger partial charge in [0.15, 0.2) is 0 Å². The van der Waals surface area contributed by atoms with Crippen molar-refractivity contribution in [2.75, 3.05) is 39.8 Å². The predicted molar refractivity (Wildman–Crippen MR) is 143 cm³/mol. The zero-order chi connectivity index (χ0) is 24.7. The Hall–Kier alpha value is -4.16. The van der Waals surface area contributed by atoms with E-state index in [1.807, 2.05) is 83.8 Å². The molecule has 0 spiro atoms. The van der Waals surface area contributed by atoms with Crippen LogP contribution < -0.4 is 4.74 Å². The Morgan fingerprint density at radius 2 is 1.61 bits per heavy atom. The van der Waals surface area contributed by atoms with E-state index in [1.54, 1.807) is 11.8 Å². The van der Waals surface area contributed by atoms with Crippen molar-refractivity contribution in [1.82, 2.24) is 19.6 Å². The molecule has 0 N–H and O–H groups in total. The molecule has 1 aliphatic heterocycles. The highest BCUT2D eigenvalue weighted by Crippen LogP contribution is 2.26. The fourth-order valence-corrected chi connectivity index (χ4v) is 4.42. The van der Waals surface area contributed by atoms with E-state index >= 15 is 0 Å². The van der Waals surface area contributed by atoms with Crippen molar-refractivity contribution in [1.29, 1.82) is 0 Å². The SMILES string of the molecule is COc1cccc(-c2cc(C(=O)N3CCN(CC=Cc4ccccc4)CC3)n(-c3ccccc3)n2)c1. The van der Waals surface area contributed by atoms with Gasteiger partial charge in [0.25, 0.3) is 5.91 Å². The van der Waals surface area contributed by atoms with Gasteiger partial charge in [0.2, 0.25) is 0 Å². The maximum absolute atomic E-state index is 13.7. The largest absolute Gasteiger partial charge is 0.497 e. The van der Waals surface area contributed by atoms with Gasteiger partial charge in [0.05, 0.1) is 18.5 Å². The summed E-state index contributed by atoms with van der Waals surface area (Å²) in [4.78, 5) is 18.0. The minimum Gasteiger partial charge on any atom is -0.497 e. The molecule has 0 unspecified atom stereocenters. The Kier molecular flexibility index (Phi) is 7.24. The summed E-state index contributed by atoms with van der Waals surface area (Å²) in [6.45, 7) is 3.93. The van der Waals surface area contributed by atoms with Crippen LogP contribution in [0.15, 0.2) is 97.1 Å². The summed E-state index contributed by atoms with van der Waals surface area (Å²) in [5.74, 6) is 0.757. The fraction of sp³-hybridized carbons (Fsp3) is 0.200. The van der Waals surface area contributed by atoms with Crippen molar-refractivity contribution in [3.8, 4) is 22.7 Å². The van der Waals surface area contributed by atoms with Gasteiger partial charge in [-0.2, -0.15) is 5.10 Å². The number of nitrogens with zero attached hydrogens (tertiary/aromatic N) is 4. The lowest BCUT2D eigenvalue weighted by Crippen LogP contribution is -2.49. The van der Waals surface area contributed by atoms with Gasteiger partial charge in [-0.25, -0.2) is 4.68 Å². The molecule has 1 fully saturated rings. The zero-order valence-electron chi connectivity index (χ0n) is 20.5. The summed E-state index contributed by atoms with van der Waals surface area (Å²) < 4.78 is 7.14. The number of para-hydroxylation sites is 1. The van der Waals surface area contributed by atoms with Crippen LogP contribution in [0.2, 0.25) is 0 Å². The maximum Gasteiger partial charge on any atom is 0.272 e. The number of carbonyl (C=O) groups is 1. The van der Waals surface area contributed by atoms with Crippen LogP contribution in [-0.4, -0.2) is 65.3 Å². The number of amides is 1. The molecule has 6 nitrogen and oxygen atoms in total. The summed E-state index contributed by atoms with van der Waals surface area (Å²) in [5.41, 5.74) is 4.28. The number of aromatic nitrogens is 2. The molecule has 182 valence electrons. The standard InChI is InChI=1S/C30H30N4O2/c1-36-27-16-8-13-25(22-27)28-23-29(34(31-28)26-14-6-3-7-15-26)30(35)33-20-18-32(19-21-33)17-9-12-24-10-4-2-5-11-24/h2-16,22-23H,17-21H2,1H3. The molecule has 0 aliphatic carbocycles. The van der Waals surface area contributed by atoms with Gasteiger partial charge in [0.1, 0.15) is 11.4 Å². The molecule has 0 radical (unpaired) electrons. The first-order valence-corrected chi connectivity index (χ1v) is 12.2. The Morgan fingerprint density at radius 1 is 0.889 bits per heavy atom. The molecule has 0 atom stereocenters. The van der Waals surface area contributed by atoms with Crippen LogP contribution >= 0.6 is 0 Å². The van der Waals surface area contributed by atoms with E-state index in [-0.39, 0.29) is 5.91 Å². The van der Waals surface area contributed by atoms with E-state index in [1.165, 1.54) is 5.56 Å². The number of piperazine rings is 1. The monoisotopic (exact) mass is 478 g/mol. The third-order valence-electron chi connectivity index (χ3n) is 6.43. The summed E-state index contributed by atoms with van der Waals surface area (Å²) >= 11 is 0. The van der Waals surface area contributed by atoms with E-state index in [0.29, 0.717) is 18.8 Å². The zero-order valence-corrected chi connectivity index (χ0v) is 20.5. The molecule has 1 aliphatic rings. The first kappa shape index (κ1) is 23.6. The van der Waals surface area contributed by atoms with Gasteiger partial charge in [-0.1, -0.05) is 72.8 Å². The van der Waals surface area contributed by atoms with Crippen LogP contribution in [0.5, 0.6) is 5.75 Å². The van der Waals surface area contributed by atoms with E-state index in [9.17, 15) is 4.79 Å². The van der Waals surface area contributed by atoms with Gasteiger partial charge in [-0.15, -0.1) is 0 Å². The molecule has 1 aromatic heterocycles. The number of hydrogen-bond acceptors (Lipinski definition) is 4. The summed E-state index contributed by atoms with van der Waals surface area (Å²) in [7, 11) is 1.65. The quantitative estimate of drug-likeness (QED) is 0.374. The second kappa shape index (κ2) is 11.1. The third kappa shape index (κ3) is 5.39. The normalized spacial score (nSPS) is 14.3. The molecular formula is C30H30N4O2. The highest BCUT2D eigenvalue weighted by Gasteiger charge is 2.26. The summed E-state index contributed by atoms with van der Waals surface area (Å²) in [5, 5.41) is 4.82. The van der Waals surface area contributed by atoms with Gasteiger partial charge < -0.3 is 9.64 Å². The molecule has 1 amide bonds. The summed E-state index contributed by atoms with van der Waals surface area (Å²) in [6.07, 6.45) is 4.34. The first-order valence-electron chi connectivity index (χ1n) is 12.2. The highest BCUT2D eigenvalue weighted by atomic mass is 16.5. The van der Waals surface area contributed by atoms with Crippen molar-refractivity contribution >= 4 is 12.0 Å². The maximum atomic E-state index is 13.7. The van der Waals surface area contributed by atoms with E-state index in [0.717, 1.165) is 42.3 Å². The van der Waals surface area contributed by atoms with E-state index in [4.69, 9.17) is 9.84 Å². The minimum atomic E-state index is -0.0000215. The summed E-state index contributed by atoms with van der Waals surface area (Å²) in [6, 6.07) is 29.8. The topological polar surface area (TPSA) is 50.6 Å².